The van der Waals surface area contributed by atoms with E-state index in [9.17, 15) is 0 Å². The second-order valence-corrected chi connectivity index (χ2v) is 5.75. The first kappa shape index (κ1) is 15.7. The summed E-state index contributed by atoms with van der Waals surface area (Å²) in [6.07, 6.45) is 3.50. The summed E-state index contributed by atoms with van der Waals surface area (Å²) in [5.74, 6) is 1.68. The van der Waals surface area contributed by atoms with Crippen LogP contribution in [0.3, 0.4) is 0 Å². The van der Waals surface area contributed by atoms with Crippen molar-refractivity contribution in [1.82, 2.24) is 15.3 Å². The lowest BCUT2D eigenvalue weighted by atomic mass is 10.2. The van der Waals surface area contributed by atoms with Gasteiger partial charge in [-0.3, -0.25) is 4.98 Å². The second-order valence-electron chi connectivity index (χ2n) is 5.34. The van der Waals surface area contributed by atoms with Gasteiger partial charge in [-0.05, 0) is 43.1 Å². The Morgan fingerprint density at radius 3 is 2.81 bits per heavy atom. The highest BCUT2D eigenvalue weighted by Crippen LogP contribution is 2.28. The van der Waals surface area contributed by atoms with E-state index in [0.717, 1.165) is 24.3 Å². The maximum absolute atomic E-state index is 6.24. The van der Waals surface area contributed by atoms with Crippen molar-refractivity contribution >= 4 is 11.6 Å². The van der Waals surface area contributed by atoms with Gasteiger partial charge < -0.3 is 10.1 Å². The normalized spacial score (nSPS) is 10.9. The largest absolute Gasteiger partial charge is 0.436 e. The summed E-state index contributed by atoms with van der Waals surface area (Å²) in [7, 11) is 0. The van der Waals surface area contributed by atoms with Crippen LogP contribution in [-0.2, 0) is 6.54 Å². The molecule has 0 aliphatic heterocycles. The van der Waals surface area contributed by atoms with Crippen LogP contribution in [0, 0.1) is 12.8 Å². The Labute approximate surface area is 130 Å². The molecular formula is C16H20ClN3O. The molecular weight excluding hydrogens is 286 g/mol. The van der Waals surface area contributed by atoms with Gasteiger partial charge in [0, 0.05) is 18.9 Å². The lowest BCUT2D eigenvalue weighted by Crippen LogP contribution is -2.19. The zero-order valence-corrected chi connectivity index (χ0v) is 13.3. The molecule has 112 valence electrons. The van der Waals surface area contributed by atoms with E-state index in [1.807, 2.05) is 25.1 Å². The van der Waals surface area contributed by atoms with Gasteiger partial charge in [-0.25, -0.2) is 4.98 Å². The number of halogens is 1. The molecule has 5 heteroatoms. The Morgan fingerprint density at radius 2 is 2.14 bits per heavy atom. The van der Waals surface area contributed by atoms with E-state index in [2.05, 4.69) is 29.1 Å². The van der Waals surface area contributed by atoms with Crippen LogP contribution in [0.25, 0.3) is 0 Å². The SMILES string of the molecule is Cc1ncccc1Oc1ncc(CNCC(C)C)cc1Cl. The summed E-state index contributed by atoms with van der Waals surface area (Å²) in [4.78, 5) is 8.46. The highest BCUT2D eigenvalue weighted by molar-refractivity contribution is 6.31. The number of rotatable bonds is 6. The van der Waals surface area contributed by atoms with E-state index in [1.165, 1.54) is 0 Å². The Hall–Kier alpha value is -1.65. The minimum absolute atomic E-state index is 0.403. The fourth-order valence-electron chi connectivity index (χ4n) is 1.82. The molecule has 2 heterocycles. The van der Waals surface area contributed by atoms with E-state index >= 15 is 0 Å². The zero-order chi connectivity index (χ0) is 15.2. The van der Waals surface area contributed by atoms with Crippen LogP contribution in [-0.4, -0.2) is 16.5 Å². The minimum Gasteiger partial charge on any atom is -0.436 e. The number of aryl methyl sites for hydroxylation is 1. The third-order valence-corrected chi connectivity index (χ3v) is 3.18. The van der Waals surface area contributed by atoms with E-state index in [4.69, 9.17) is 16.3 Å². The van der Waals surface area contributed by atoms with Crippen molar-refractivity contribution in [2.24, 2.45) is 5.92 Å². The molecule has 0 saturated heterocycles. The first-order valence-electron chi connectivity index (χ1n) is 7.01. The third kappa shape index (κ3) is 4.69. The molecule has 0 aliphatic rings. The number of hydrogen-bond donors (Lipinski definition) is 1. The highest BCUT2D eigenvalue weighted by atomic mass is 35.5. The fraction of sp³-hybridized carbons (Fsp3) is 0.375. The molecule has 0 atom stereocenters. The minimum atomic E-state index is 0.403. The summed E-state index contributed by atoms with van der Waals surface area (Å²) in [5.41, 5.74) is 1.84. The van der Waals surface area contributed by atoms with Crippen molar-refractivity contribution < 1.29 is 4.74 Å². The molecule has 0 aliphatic carbocycles. The van der Waals surface area contributed by atoms with Gasteiger partial charge >= 0.3 is 0 Å². The van der Waals surface area contributed by atoms with Crippen LogP contribution in [0.1, 0.15) is 25.1 Å². The fourth-order valence-corrected chi connectivity index (χ4v) is 2.05. The van der Waals surface area contributed by atoms with Gasteiger partial charge in [-0.15, -0.1) is 0 Å². The van der Waals surface area contributed by atoms with Gasteiger partial charge in [0.05, 0.1) is 5.69 Å². The summed E-state index contributed by atoms with van der Waals surface area (Å²) >= 11 is 6.24. The molecule has 0 bridgehead atoms. The lowest BCUT2D eigenvalue weighted by molar-refractivity contribution is 0.456. The summed E-state index contributed by atoms with van der Waals surface area (Å²) in [6, 6.07) is 5.54. The molecule has 0 saturated carbocycles. The number of hydrogen-bond acceptors (Lipinski definition) is 4. The standard InChI is InChI=1S/C16H20ClN3O/c1-11(2)8-18-9-13-7-14(17)16(20-10-13)21-15-5-4-6-19-12(15)3/h4-7,10-11,18H,8-9H2,1-3H3. The summed E-state index contributed by atoms with van der Waals surface area (Å²) in [6.45, 7) is 7.94. The first-order chi connectivity index (χ1) is 10.1. The smallest absolute Gasteiger partial charge is 0.238 e. The van der Waals surface area contributed by atoms with Gasteiger partial charge in [-0.1, -0.05) is 25.4 Å². The van der Waals surface area contributed by atoms with Crippen molar-refractivity contribution in [2.45, 2.75) is 27.3 Å². The van der Waals surface area contributed by atoms with E-state index in [1.54, 1.807) is 12.4 Å². The monoisotopic (exact) mass is 305 g/mol. The number of nitrogens with one attached hydrogen (secondary N) is 1. The number of nitrogens with zero attached hydrogens (tertiary/aromatic N) is 2. The predicted molar refractivity (Wildman–Crippen MR) is 84.8 cm³/mol. The molecule has 0 amide bonds. The molecule has 0 radical (unpaired) electrons. The van der Waals surface area contributed by atoms with Gasteiger partial charge in [0.1, 0.15) is 5.02 Å². The van der Waals surface area contributed by atoms with Crippen LogP contribution in [0.2, 0.25) is 5.02 Å². The Bertz CT molecular complexity index is 602. The predicted octanol–water partition coefficient (Wildman–Crippen LogP) is 3.98. The van der Waals surface area contributed by atoms with E-state index in [0.29, 0.717) is 22.6 Å². The van der Waals surface area contributed by atoms with Gasteiger partial charge in [0.25, 0.3) is 0 Å². The second kappa shape index (κ2) is 7.38. The number of ether oxygens (including phenoxy) is 1. The van der Waals surface area contributed by atoms with Gasteiger partial charge in [-0.2, -0.15) is 0 Å². The zero-order valence-electron chi connectivity index (χ0n) is 12.6. The maximum Gasteiger partial charge on any atom is 0.238 e. The summed E-state index contributed by atoms with van der Waals surface area (Å²) < 4.78 is 5.71. The molecule has 0 spiro atoms. The molecule has 1 N–H and O–H groups in total. The van der Waals surface area contributed by atoms with Gasteiger partial charge in [0.15, 0.2) is 5.75 Å². The van der Waals surface area contributed by atoms with Crippen LogP contribution in [0.4, 0.5) is 0 Å². The topological polar surface area (TPSA) is 47.0 Å². The molecule has 2 aromatic heterocycles. The molecule has 0 fully saturated rings. The van der Waals surface area contributed by atoms with Crippen LogP contribution < -0.4 is 10.1 Å². The van der Waals surface area contributed by atoms with Crippen molar-refractivity contribution in [3.05, 3.63) is 46.9 Å². The molecule has 0 unspecified atom stereocenters. The van der Waals surface area contributed by atoms with Crippen LogP contribution in [0.5, 0.6) is 11.6 Å². The van der Waals surface area contributed by atoms with Crippen molar-refractivity contribution in [3.63, 3.8) is 0 Å². The molecule has 4 nitrogen and oxygen atoms in total. The van der Waals surface area contributed by atoms with Crippen LogP contribution in [0.15, 0.2) is 30.6 Å². The van der Waals surface area contributed by atoms with Gasteiger partial charge in [0.2, 0.25) is 5.88 Å². The molecule has 0 aromatic carbocycles. The summed E-state index contributed by atoms with van der Waals surface area (Å²) in [5, 5.41) is 3.86. The number of pyridine rings is 2. The average molecular weight is 306 g/mol. The lowest BCUT2D eigenvalue weighted by Gasteiger charge is -2.10. The maximum atomic E-state index is 6.24. The number of aromatic nitrogens is 2. The third-order valence-electron chi connectivity index (χ3n) is 2.91. The van der Waals surface area contributed by atoms with Crippen molar-refractivity contribution in [1.29, 1.82) is 0 Å². The Morgan fingerprint density at radius 1 is 1.33 bits per heavy atom. The Kier molecular flexibility index (Phi) is 5.53. The van der Waals surface area contributed by atoms with Crippen molar-refractivity contribution in [2.75, 3.05) is 6.54 Å². The van der Waals surface area contributed by atoms with E-state index in [-0.39, 0.29) is 0 Å². The first-order valence-corrected chi connectivity index (χ1v) is 7.38. The Balaban J connectivity index is 2.04. The van der Waals surface area contributed by atoms with Crippen LogP contribution >= 0.6 is 11.6 Å². The molecule has 2 aromatic rings. The highest BCUT2D eigenvalue weighted by Gasteiger charge is 2.08. The molecule has 2 rings (SSSR count). The van der Waals surface area contributed by atoms with Crippen molar-refractivity contribution in [3.8, 4) is 11.6 Å². The molecule has 21 heavy (non-hydrogen) atoms. The quantitative estimate of drug-likeness (QED) is 0.877. The van der Waals surface area contributed by atoms with E-state index < -0.39 is 0 Å². The average Bonchev–Trinajstić information content (AvgIpc) is 2.43.